The van der Waals surface area contributed by atoms with E-state index in [1.807, 2.05) is 36.4 Å². The number of ketones is 1. The van der Waals surface area contributed by atoms with E-state index >= 15 is 0 Å². The Morgan fingerprint density at radius 1 is 1.13 bits per heavy atom. The van der Waals surface area contributed by atoms with E-state index in [9.17, 15) is 4.79 Å². The number of aromatic nitrogens is 2. The van der Waals surface area contributed by atoms with E-state index in [0.717, 1.165) is 64.2 Å². The van der Waals surface area contributed by atoms with Gasteiger partial charge in [-0.3, -0.25) is 4.79 Å². The van der Waals surface area contributed by atoms with Gasteiger partial charge in [-0.1, -0.05) is 36.9 Å². The fraction of sp³-hybridized carbons (Fsp3) is 0.250. The Morgan fingerprint density at radius 2 is 1.90 bits per heavy atom. The number of imidazole rings is 1. The lowest BCUT2D eigenvalue weighted by Gasteiger charge is -2.36. The first-order valence-electron chi connectivity index (χ1n) is 13.2. The Morgan fingerprint density at radius 3 is 2.59 bits per heavy atom. The van der Waals surface area contributed by atoms with Crippen molar-refractivity contribution >= 4 is 34.3 Å². The number of hydrogen-bond acceptors (Lipinski definition) is 6. The monoisotopic (exact) mass is 521 g/mol. The van der Waals surface area contributed by atoms with Crippen molar-refractivity contribution in [1.29, 1.82) is 0 Å². The van der Waals surface area contributed by atoms with Crippen LogP contribution >= 0.6 is 0 Å². The molecule has 7 nitrogen and oxygen atoms in total. The molecule has 0 spiro atoms. The summed E-state index contributed by atoms with van der Waals surface area (Å²) >= 11 is 0. The first kappa shape index (κ1) is 26.3. The van der Waals surface area contributed by atoms with Crippen LogP contribution in [0.25, 0.3) is 22.8 Å². The molecule has 4 aromatic rings. The molecule has 200 valence electrons. The van der Waals surface area contributed by atoms with Crippen LogP contribution in [-0.4, -0.2) is 61.0 Å². The summed E-state index contributed by atoms with van der Waals surface area (Å²) in [5.74, 6) is 0.756. The summed E-state index contributed by atoms with van der Waals surface area (Å²) in [6, 6.07) is 20.0. The number of nitrogens with two attached hydrogens (primary N) is 1. The fourth-order valence-corrected chi connectivity index (χ4v) is 5.39. The zero-order chi connectivity index (χ0) is 27.5. The van der Waals surface area contributed by atoms with Gasteiger partial charge < -0.3 is 25.3 Å². The van der Waals surface area contributed by atoms with E-state index in [2.05, 4.69) is 52.6 Å². The number of fused-ring (bicyclic) bond motifs is 1. The van der Waals surface area contributed by atoms with Crippen LogP contribution in [-0.2, 0) is 0 Å². The molecule has 1 aliphatic rings. The molecule has 3 aromatic carbocycles. The summed E-state index contributed by atoms with van der Waals surface area (Å²) in [5.41, 5.74) is 10.7. The third-order valence-electron chi connectivity index (χ3n) is 7.63. The zero-order valence-corrected chi connectivity index (χ0v) is 22.8. The lowest BCUT2D eigenvalue weighted by Crippen LogP contribution is -2.41. The number of methoxy groups -OCH3 is 1. The Balaban J connectivity index is 1.49. The van der Waals surface area contributed by atoms with Gasteiger partial charge in [-0.05, 0) is 79.3 Å². The molecule has 5 rings (SSSR count). The van der Waals surface area contributed by atoms with Crippen LogP contribution in [0.5, 0.6) is 5.75 Å². The van der Waals surface area contributed by atoms with Crippen molar-refractivity contribution in [3.63, 3.8) is 0 Å². The first-order valence-corrected chi connectivity index (χ1v) is 13.2. The Hall–Kier alpha value is -4.36. The van der Waals surface area contributed by atoms with Gasteiger partial charge in [0.25, 0.3) is 0 Å². The maximum Gasteiger partial charge on any atom is 0.228 e. The number of aromatic amines is 1. The van der Waals surface area contributed by atoms with Crippen LogP contribution in [0.4, 0.5) is 5.69 Å². The summed E-state index contributed by atoms with van der Waals surface area (Å²) in [6.07, 6.45) is 5.59. The smallest absolute Gasteiger partial charge is 0.228 e. The van der Waals surface area contributed by atoms with E-state index in [-0.39, 0.29) is 5.78 Å². The molecule has 0 aliphatic carbocycles. The third kappa shape index (κ3) is 5.18. The van der Waals surface area contributed by atoms with E-state index < -0.39 is 0 Å². The Labute approximate surface area is 228 Å². The van der Waals surface area contributed by atoms with Crippen molar-refractivity contribution in [2.75, 3.05) is 39.2 Å². The molecular weight excluding hydrogens is 486 g/mol. The van der Waals surface area contributed by atoms with Gasteiger partial charge in [0.1, 0.15) is 5.75 Å². The second kappa shape index (κ2) is 11.2. The van der Waals surface area contributed by atoms with Gasteiger partial charge in [-0.2, -0.15) is 0 Å². The van der Waals surface area contributed by atoms with E-state index in [4.69, 9.17) is 10.5 Å². The number of carbonyl (C=O) groups excluding carboxylic acids is 1. The number of carbonyl (C=O) groups is 1. The number of anilines is 1. The molecule has 0 amide bonds. The van der Waals surface area contributed by atoms with Crippen LogP contribution in [0, 0.1) is 0 Å². The summed E-state index contributed by atoms with van der Waals surface area (Å²) in [5, 5.41) is 1.77. The van der Waals surface area contributed by atoms with Gasteiger partial charge in [0.15, 0.2) is 5.82 Å². The fourth-order valence-electron chi connectivity index (χ4n) is 5.39. The molecule has 1 aliphatic heterocycles. The number of rotatable bonds is 7. The van der Waals surface area contributed by atoms with Crippen molar-refractivity contribution in [1.82, 2.24) is 14.9 Å². The quantitative estimate of drug-likeness (QED) is 0.363. The maximum atomic E-state index is 13.6. The number of ether oxygens (including phenoxy) is 1. The predicted octanol–water partition coefficient (Wildman–Crippen LogP) is 3.41. The minimum atomic E-state index is -0.189. The highest BCUT2D eigenvalue weighted by atomic mass is 16.5. The van der Waals surface area contributed by atoms with Gasteiger partial charge in [-0.25, -0.2) is 4.98 Å². The second-order valence-corrected chi connectivity index (χ2v) is 10.1. The number of benzene rings is 3. The summed E-state index contributed by atoms with van der Waals surface area (Å²) in [4.78, 5) is 26.2. The van der Waals surface area contributed by atoms with Crippen LogP contribution in [0.1, 0.15) is 34.6 Å². The number of nitrogens with one attached hydrogen (secondary N) is 1. The van der Waals surface area contributed by atoms with Crippen molar-refractivity contribution in [2.24, 2.45) is 5.73 Å². The highest BCUT2D eigenvalue weighted by molar-refractivity contribution is 6.08. The van der Waals surface area contributed by atoms with Crippen LogP contribution in [0.15, 0.2) is 73.3 Å². The molecule has 0 radical (unpaired) electrons. The average Bonchev–Trinajstić information content (AvgIpc) is 3.41. The van der Waals surface area contributed by atoms with Crippen LogP contribution in [0.3, 0.4) is 0 Å². The molecule has 0 atom stereocenters. The standard InChI is InChI=1S/C32H35N5O2/c1-5-25(26-9-7-6-8-22(26)20-33)27-18-21(10-13-30(27)39-4)31(38)32-34-28-12-11-24(19-29(28)35-32)37-16-14-23(15-17-37)36(2)3/h5-13,18-20,23H,1,14-17,33H2,2-4H3,(H,34,35)/b22-20-,26-25+. The number of allylic oxidation sites excluding steroid dienone is 1. The van der Waals surface area contributed by atoms with Gasteiger partial charge in [0, 0.05) is 42.1 Å². The summed E-state index contributed by atoms with van der Waals surface area (Å²) in [6.45, 7) is 6.05. The highest BCUT2D eigenvalue weighted by Crippen LogP contribution is 2.29. The highest BCUT2D eigenvalue weighted by Gasteiger charge is 2.22. The SMILES string of the molecule is C=C/C(c1cc(C(=O)c2nc3ccc(N4CCC(N(C)C)CC4)cc3[nH]2)ccc1OC)=c1/cccc/c1=C/N. The molecule has 7 heteroatoms. The molecule has 0 unspecified atom stereocenters. The number of nitrogens with zero attached hydrogens (tertiary/aromatic N) is 3. The lowest BCUT2D eigenvalue weighted by molar-refractivity contribution is 0.103. The van der Waals surface area contributed by atoms with Crippen molar-refractivity contribution in [3.8, 4) is 5.75 Å². The zero-order valence-electron chi connectivity index (χ0n) is 22.8. The number of hydrogen-bond donors (Lipinski definition) is 2. The maximum absolute atomic E-state index is 13.6. The normalized spacial score (nSPS) is 15.6. The molecule has 3 N–H and O–H groups in total. The van der Waals surface area contributed by atoms with Crippen molar-refractivity contribution < 1.29 is 9.53 Å². The molecule has 0 saturated carbocycles. The lowest BCUT2D eigenvalue weighted by atomic mass is 9.97. The molecular formula is C32H35N5O2. The van der Waals surface area contributed by atoms with E-state index in [1.54, 1.807) is 31.5 Å². The van der Waals surface area contributed by atoms with Crippen LogP contribution in [0.2, 0.25) is 0 Å². The molecule has 1 saturated heterocycles. The second-order valence-electron chi connectivity index (χ2n) is 10.1. The van der Waals surface area contributed by atoms with Crippen molar-refractivity contribution in [2.45, 2.75) is 18.9 Å². The topological polar surface area (TPSA) is 87.5 Å². The minimum absolute atomic E-state index is 0.189. The largest absolute Gasteiger partial charge is 0.496 e. The number of H-pyrrole nitrogens is 1. The summed E-state index contributed by atoms with van der Waals surface area (Å²) in [7, 11) is 5.91. The van der Waals surface area contributed by atoms with Gasteiger partial charge in [0.2, 0.25) is 5.78 Å². The van der Waals surface area contributed by atoms with E-state index in [1.165, 1.54) is 0 Å². The van der Waals surface area contributed by atoms with E-state index in [0.29, 0.717) is 23.2 Å². The Kier molecular flexibility index (Phi) is 7.52. The molecule has 1 fully saturated rings. The van der Waals surface area contributed by atoms with Crippen molar-refractivity contribution in [3.05, 3.63) is 101 Å². The van der Waals surface area contributed by atoms with Gasteiger partial charge in [-0.15, -0.1) is 0 Å². The molecule has 2 heterocycles. The average molecular weight is 522 g/mol. The molecule has 1 aromatic heterocycles. The first-order chi connectivity index (χ1) is 18.9. The molecule has 39 heavy (non-hydrogen) atoms. The third-order valence-corrected chi connectivity index (χ3v) is 7.63. The van der Waals surface area contributed by atoms with Crippen LogP contribution < -0.4 is 25.8 Å². The summed E-state index contributed by atoms with van der Waals surface area (Å²) < 4.78 is 5.65. The molecule has 0 bridgehead atoms. The minimum Gasteiger partial charge on any atom is -0.496 e. The predicted molar refractivity (Wildman–Crippen MR) is 158 cm³/mol. The Bertz CT molecular complexity index is 1640. The van der Waals surface area contributed by atoms with Gasteiger partial charge >= 0.3 is 0 Å². The van der Waals surface area contributed by atoms with Gasteiger partial charge in [0.05, 0.1) is 18.1 Å². The number of piperidine rings is 1.